The number of hydrogen-bond donors (Lipinski definition) is 1. The SMILES string of the molecule is CC[C@@H](C)Oc1ccc(/C=C2/SC(=O)N(CC(=O)Nc3cccc(F)c3)C2=O)cc1OC. The van der Waals surface area contributed by atoms with Gasteiger partial charge in [0.15, 0.2) is 11.5 Å². The van der Waals surface area contributed by atoms with E-state index in [0.717, 1.165) is 29.1 Å². The summed E-state index contributed by atoms with van der Waals surface area (Å²) in [6.45, 7) is 3.50. The van der Waals surface area contributed by atoms with Crippen molar-refractivity contribution in [2.75, 3.05) is 19.0 Å². The van der Waals surface area contributed by atoms with Gasteiger partial charge in [0.1, 0.15) is 12.4 Å². The van der Waals surface area contributed by atoms with Crippen molar-refractivity contribution < 1.29 is 28.2 Å². The lowest BCUT2D eigenvalue weighted by Gasteiger charge is -2.15. The van der Waals surface area contributed by atoms with Gasteiger partial charge in [0.2, 0.25) is 5.91 Å². The highest BCUT2D eigenvalue weighted by Gasteiger charge is 2.36. The third kappa shape index (κ3) is 5.67. The summed E-state index contributed by atoms with van der Waals surface area (Å²) in [6, 6.07) is 10.6. The lowest BCUT2D eigenvalue weighted by molar-refractivity contribution is -0.127. The molecule has 0 aromatic heterocycles. The number of methoxy groups -OCH3 is 1. The molecule has 2 aromatic rings. The number of anilines is 1. The van der Waals surface area contributed by atoms with E-state index in [1.165, 1.54) is 25.3 Å². The van der Waals surface area contributed by atoms with Gasteiger partial charge in [0.25, 0.3) is 11.1 Å². The molecule has 32 heavy (non-hydrogen) atoms. The minimum atomic E-state index is -0.604. The molecule has 1 aliphatic heterocycles. The second-order valence-corrected chi connectivity index (χ2v) is 8.07. The fourth-order valence-corrected chi connectivity index (χ4v) is 3.71. The Morgan fingerprint density at radius 3 is 2.69 bits per heavy atom. The van der Waals surface area contributed by atoms with Crippen LogP contribution in [-0.4, -0.2) is 41.7 Å². The first kappa shape index (κ1) is 23.3. The number of amides is 3. The molecular formula is C23H23FN2O5S. The second kappa shape index (κ2) is 10.3. The largest absolute Gasteiger partial charge is 0.493 e. The van der Waals surface area contributed by atoms with Crippen molar-refractivity contribution in [3.05, 3.63) is 58.8 Å². The predicted molar refractivity (Wildman–Crippen MR) is 121 cm³/mol. The van der Waals surface area contributed by atoms with Crippen LogP contribution >= 0.6 is 11.8 Å². The van der Waals surface area contributed by atoms with Crippen molar-refractivity contribution in [1.29, 1.82) is 0 Å². The zero-order valence-electron chi connectivity index (χ0n) is 17.9. The average Bonchev–Trinajstić information content (AvgIpc) is 3.01. The van der Waals surface area contributed by atoms with Crippen LogP contribution < -0.4 is 14.8 Å². The second-order valence-electron chi connectivity index (χ2n) is 7.07. The van der Waals surface area contributed by atoms with E-state index < -0.39 is 29.4 Å². The first-order chi connectivity index (χ1) is 15.3. The Balaban J connectivity index is 1.71. The predicted octanol–water partition coefficient (Wildman–Crippen LogP) is 4.69. The number of imide groups is 1. The average molecular weight is 459 g/mol. The van der Waals surface area contributed by atoms with Gasteiger partial charge in [-0.2, -0.15) is 0 Å². The molecule has 1 N–H and O–H groups in total. The van der Waals surface area contributed by atoms with Crippen LogP contribution in [-0.2, 0) is 9.59 Å². The molecule has 7 nitrogen and oxygen atoms in total. The number of benzene rings is 2. The summed E-state index contributed by atoms with van der Waals surface area (Å²) >= 11 is 0.746. The van der Waals surface area contributed by atoms with E-state index in [2.05, 4.69) is 5.32 Å². The fraction of sp³-hybridized carbons (Fsp3) is 0.261. The summed E-state index contributed by atoms with van der Waals surface area (Å²) in [4.78, 5) is 38.3. The van der Waals surface area contributed by atoms with Crippen LogP contribution in [0.15, 0.2) is 47.4 Å². The zero-order chi connectivity index (χ0) is 23.3. The first-order valence-electron chi connectivity index (χ1n) is 9.96. The molecule has 0 spiro atoms. The number of carbonyl (C=O) groups is 3. The molecule has 3 rings (SSSR count). The lowest BCUT2D eigenvalue weighted by Crippen LogP contribution is -2.36. The Hall–Kier alpha value is -3.33. The van der Waals surface area contributed by atoms with Gasteiger partial charge >= 0.3 is 0 Å². The van der Waals surface area contributed by atoms with E-state index in [9.17, 15) is 18.8 Å². The minimum Gasteiger partial charge on any atom is -0.493 e. The van der Waals surface area contributed by atoms with E-state index in [1.54, 1.807) is 24.3 Å². The molecular weight excluding hydrogens is 435 g/mol. The molecule has 1 saturated heterocycles. The molecule has 168 valence electrons. The normalized spacial score (nSPS) is 15.8. The van der Waals surface area contributed by atoms with Crippen molar-refractivity contribution in [2.45, 2.75) is 26.4 Å². The topological polar surface area (TPSA) is 84.9 Å². The van der Waals surface area contributed by atoms with Gasteiger partial charge in [-0.15, -0.1) is 0 Å². The van der Waals surface area contributed by atoms with Gasteiger partial charge < -0.3 is 14.8 Å². The molecule has 0 unspecified atom stereocenters. The van der Waals surface area contributed by atoms with Gasteiger partial charge in [0, 0.05) is 5.69 Å². The first-order valence-corrected chi connectivity index (χ1v) is 10.8. The summed E-state index contributed by atoms with van der Waals surface area (Å²) < 4.78 is 24.5. The summed E-state index contributed by atoms with van der Waals surface area (Å²) in [5, 5.41) is 1.92. The lowest BCUT2D eigenvalue weighted by atomic mass is 10.1. The van der Waals surface area contributed by atoms with E-state index in [4.69, 9.17) is 9.47 Å². The molecule has 1 aliphatic rings. The van der Waals surface area contributed by atoms with Gasteiger partial charge in [0.05, 0.1) is 18.1 Å². The number of thioether (sulfide) groups is 1. The number of nitrogens with one attached hydrogen (secondary N) is 1. The summed E-state index contributed by atoms with van der Waals surface area (Å²) in [5.74, 6) is -0.595. The smallest absolute Gasteiger partial charge is 0.294 e. The van der Waals surface area contributed by atoms with E-state index in [0.29, 0.717) is 17.1 Å². The fourth-order valence-electron chi connectivity index (χ4n) is 2.87. The van der Waals surface area contributed by atoms with Crippen molar-refractivity contribution in [3.8, 4) is 11.5 Å². The molecule has 9 heteroatoms. The molecule has 2 aromatic carbocycles. The van der Waals surface area contributed by atoms with E-state index in [-0.39, 0.29) is 16.7 Å². The Labute approximate surface area is 189 Å². The molecule has 1 heterocycles. The highest BCUT2D eigenvalue weighted by atomic mass is 32.2. The van der Waals surface area contributed by atoms with Crippen molar-refractivity contribution in [1.82, 2.24) is 4.90 Å². The van der Waals surface area contributed by atoms with Crippen molar-refractivity contribution >= 4 is 40.6 Å². The summed E-state index contributed by atoms with van der Waals surface area (Å²) in [5.41, 5.74) is 0.886. The van der Waals surface area contributed by atoms with E-state index >= 15 is 0 Å². The number of ether oxygens (including phenoxy) is 2. The van der Waals surface area contributed by atoms with Crippen LogP contribution in [0.1, 0.15) is 25.8 Å². The summed E-state index contributed by atoms with van der Waals surface area (Å²) in [6.07, 6.45) is 2.42. The third-order valence-electron chi connectivity index (χ3n) is 4.67. The number of nitrogens with zero attached hydrogens (tertiary/aromatic N) is 1. The Morgan fingerprint density at radius 1 is 1.22 bits per heavy atom. The highest BCUT2D eigenvalue weighted by molar-refractivity contribution is 8.18. The molecule has 3 amide bonds. The maximum Gasteiger partial charge on any atom is 0.294 e. The molecule has 1 atom stereocenters. The summed E-state index contributed by atoms with van der Waals surface area (Å²) in [7, 11) is 1.52. The molecule has 1 fully saturated rings. The number of rotatable bonds is 8. The quantitative estimate of drug-likeness (QED) is 0.578. The zero-order valence-corrected chi connectivity index (χ0v) is 18.7. The van der Waals surface area contributed by atoms with Crippen LogP contribution in [0.3, 0.4) is 0 Å². The molecule has 0 bridgehead atoms. The maximum atomic E-state index is 13.3. The Bertz CT molecular complexity index is 1070. The Morgan fingerprint density at radius 2 is 2.00 bits per heavy atom. The van der Waals surface area contributed by atoms with Crippen LogP contribution in [0.5, 0.6) is 11.5 Å². The monoisotopic (exact) mass is 458 g/mol. The van der Waals surface area contributed by atoms with E-state index in [1.807, 2.05) is 13.8 Å². The number of carbonyl (C=O) groups excluding carboxylic acids is 3. The Kier molecular flexibility index (Phi) is 7.53. The number of halogens is 1. The van der Waals surface area contributed by atoms with Crippen molar-refractivity contribution in [3.63, 3.8) is 0 Å². The van der Waals surface area contributed by atoms with Crippen LogP contribution in [0.25, 0.3) is 6.08 Å². The highest BCUT2D eigenvalue weighted by Crippen LogP contribution is 2.35. The van der Waals surface area contributed by atoms with Gasteiger partial charge in [-0.3, -0.25) is 19.3 Å². The minimum absolute atomic E-state index is 0.0183. The van der Waals surface area contributed by atoms with Crippen molar-refractivity contribution in [2.24, 2.45) is 0 Å². The van der Waals surface area contributed by atoms with Crippen LogP contribution in [0, 0.1) is 5.82 Å². The third-order valence-corrected chi connectivity index (χ3v) is 5.58. The standard InChI is InChI=1S/C23H23FN2O5S/c1-4-14(2)31-18-9-8-15(10-19(18)30-3)11-20-22(28)26(23(29)32-20)13-21(27)25-17-7-5-6-16(24)12-17/h5-12,14H,4,13H2,1-3H3,(H,25,27)/b20-11+/t14-/m1/s1. The molecule has 0 aliphatic carbocycles. The maximum absolute atomic E-state index is 13.3. The molecule has 0 radical (unpaired) electrons. The molecule has 0 saturated carbocycles. The van der Waals surface area contributed by atoms with Crippen LogP contribution in [0.2, 0.25) is 0 Å². The van der Waals surface area contributed by atoms with Crippen LogP contribution in [0.4, 0.5) is 14.9 Å². The van der Waals surface area contributed by atoms with Gasteiger partial charge in [-0.1, -0.05) is 19.1 Å². The number of hydrogen-bond acceptors (Lipinski definition) is 6. The van der Waals surface area contributed by atoms with Gasteiger partial charge in [-0.25, -0.2) is 4.39 Å². The van der Waals surface area contributed by atoms with Gasteiger partial charge in [-0.05, 0) is 67.1 Å².